The van der Waals surface area contributed by atoms with E-state index in [1.54, 1.807) is 0 Å². The minimum absolute atomic E-state index is 0.151. The summed E-state index contributed by atoms with van der Waals surface area (Å²) >= 11 is 6.39. The minimum Gasteiger partial charge on any atom is -0.478 e. The third-order valence-corrected chi connectivity index (χ3v) is 5.30. The highest BCUT2D eigenvalue weighted by Crippen LogP contribution is 2.26. The van der Waals surface area contributed by atoms with Crippen LogP contribution in [0.3, 0.4) is 0 Å². The summed E-state index contributed by atoms with van der Waals surface area (Å²) in [5.41, 5.74) is -0.454. The maximum absolute atomic E-state index is 13.5. The number of nitrogens with one attached hydrogen (secondary N) is 1. The molecule has 0 aliphatic carbocycles. The number of carboxylic acids is 1. The topological polar surface area (TPSA) is 83.5 Å². The third-order valence-electron chi connectivity index (χ3n) is 2.26. The molecular weight excluding hydrogens is 329 g/mol. The van der Waals surface area contributed by atoms with Crippen molar-refractivity contribution in [2.75, 3.05) is 4.72 Å². The van der Waals surface area contributed by atoms with E-state index in [2.05, 4.69) is 0 Å². The van der Waals surface area contributed by atoms with Gasteiger partial charge in [-0.1, -0.05) is 11.6 Å². The van der Waals surface area contributed by atoms with Crippen LogP contribution in [0.1, 0.15) is 10.4 Å². The number of benzene rings is 1. The van der Waals surface area contributed by atoms with Gasteiger partial charge < -0.3 is 5.11 Å². The SMILES string of the molecule is O=C(O)c1csc(S(=O)(=O)Nc2cc(Cl)ccc2F)c1. The van der Waals surface area contributed by atoms with E-state index in [1.165, 1.54) is 11.4 Å². The standard InChI is InChI=1S/C11H7ClFNO4S2/c12-7-1-2-8(13)9(4-7)14-20(17,18)10-3-6(5-19-10)11(15)16/h1-5,14H,(H,15,16). The number of carboxylic acid groups (broad SMARTS) is 1. The zero-order valence-corrected chi connectivity index (χ0v) is 12.0. The second-order valence-corrected chi connectivity index (χ2v) is 6.95. The highest BCUT2D eigenvalue weighted by atomic mass is 35.5. The molecule has 5 nitrogen and oxygen atoms in total. The zero-order valence-electron chi connectivity index (χ0n) is 9.63. The van der Waals surface area contributed by atoms with Crippen molar-refractivity contribution in [1.29, 1.82) is 0 Å². The monoisotopic (exact) mass is 335 g/mol. The Labute approximate surface area is 122 Å². The summed E-state index contributed by atoms with van der Waals surface area (Å²) in [5.74, 6) is -2.02. The van der Waals surface area contributed by atoms with Crippen molar-refractivity contribution in [1.82, 2.24) is 0 Å². The van der Waals surface area contributed by atoms with E-state index in [-0.39, 0.29) is 20.5 Å². The molecule has 20 heavy (non-hydrogen) atoms. The lowest BCUT2D eigenvalue weighted by Gasteiger charge is -2.07. The van der Waals surface area contributed by atoms with Crippen molar-refractivity contribution >= 4 is 44.6 Å². The molecule has 2 N–H and O–H groups in total. The van der Waals surface area contributed by atoms with Crippen molar-refractivity contribution in [2.45, 2.75) is 4.21 Å². The number of halogens is 2. The molecule has 0 aliphatic heterocycles. The number of aromatic carboxylic acids is 1. The molecule has 2 aromatic rings. The van der Waals surface area contributed by atoms with E-state index < -0.39 is 21.8 Å². The molecule has 0 saturated carbocycles. The Morgan fingerprint density at radius 2 is 2.05 bits per heavy atom. The molecule has 0 fully saturated rings. The van der Waals surface area contributed by atoms with Crippen LogP contribution < -0.4 is 4.72 Å². The van der Waals surface area contributed by atoms with Crippen LogP contribution in [0, 0.1) is 5.82 Å². The molecule has 1 aromatic heterocycles. The lowest BCUT2D eigenvalue weighted by Crippen LogP contribution is -2.12. The molecule has 0 spiro atoms. The van der Waals surface area contributed by atoms with Crippen molar-refractivity contribution in [2.24, 2.45) is 0 Å². The van der Waals surface area contributed by atoms with Gasteiger partial charge in [-0.25, -0.2) is 17.6 Å². The normalized spacial score (nSPS) is 11.3. The summed E-state index contributed by atoms with van der Waals surface area (Å²) in [6, 6.07) is 4.43. The van der Waals surface area contributed by atoms with Crippen molar-refractivity contribution in [3.63, 3.8) is 0 Å². The van der Waals surface area contributed by atoms with Gasteiger partial charge in [0.2, 0.25) is 0 Å². The number of hydrogen-bond acceptors (Lipinski definition) is 4. The Morgan fingerprint density at radius 1 is 1.35 bits per heavy atom. The first-order valence-corrected chi connectivity index (χ1v) is 7.83. The smallest absolute Gasteiger partial charge is 0.336 e. The number of anilines is 1. The van der Waals surface area contributed by atoms with E-state index in [0.29, 0.717) is 0 Å². The van der Waals surface area contributed by atoms with Crippen molar-refractivity contribution in [3.8, 4) is 0 Å². The molecule has 0 saturated heterocycles. The van der Waals surface area contributed by atoms with Crippen LogP contribution in [0.5, 0.6) is 0 Å². The maximum Gasteiger partial charge on any atom is 0.336 e. The fraction of sp³-hybridized carbons (Fsp3) is 0. The first-order chi connectivity index (χ1) is 9.29. The van der Waals surface area contributed by atoms with Gasteiger partial charge in [0, 0.05) is 10.4 Å². The van der Waals surface area contributed by atoms with Gasteiger partial charge >= 0.3 is 5.97 Å². The van der Waals surface area contributed by atoms with E-state index in [9.17, 15) is 17.6 Å². The fourth-order valence-electron chi connectivity index (χ4n) is 1.34. The van der Waals surface area contributed by atoms with Gasteiger partial charge in [-0.05, 0) is 24.3 Å². The van der Waals surface area contributed by atoms with Crippen LogP contribution in [-0.2, 0) is 10.0 Å². The lowest BCUT2D eigenvalue weighted by molar-refractivity contribution is 0.0697. The quantitative estimate of drug-likeness (QED) is 0.899. The fourth-order valence-corrected chi connectivity index (χ4v) is 3.72. The van der Waals surface area contributed by atoms with Crippen LogP contribution in [0.4, 0.5) is 10.1 Å². The largest absolute Gasteiger partial charge is 0.478 e. The Balaban J connectivity index is 2.35. The van der Waals surface area contributed by atoms with Gasteiger partial charge in [0.25, 0.3) is 10.0 Å². The first kappa shape index (κ1) is 14.8. The molecule has 106 valence electrons. The molecule has 0 amide bonds. The molecule has 9 heteroatoms. The number of hydrogen-bond donors (Lipinski definition) is 2. The van der Waals surface area contributed by atoms with Crippen LogP contribution in [-0.4, -0.2) is 19.5 Å². The summed E-state index contributed by atoms with van der Waals surface area (Å²) in [7, 11) is -4.06. The Morgan fingerprint density at radius 3 is 2.65 bits per heavy atom. The molecule has 1 aromatic carbocycles. The van der Waals surface area contributed by atoms with Crippen LogP contribution in [0.2, 0.25) is 5.02 Å². The highest BCUT2D eigenvalue weighted by Gasteiger charge is 2.20. The van der Waals surface area contributed by atoms with Crippen molar-refractivity contribution in [3.05, 3.63) is 46.0 Å². The van der Waals surface area contributed by atoms with Gasteiger partial charge in [0.05, 0.1) is 11.3 Å². The van der Waals surface area contributed by atoms with E-state index >= 15 is 0 Å². The Kier molecular flexibility index (Phi) is 3.98. The maximum atomic E-state index is 13.5. The third kappa shape index (κ3) is 3.09. The first-order valence-electron chi connectivity index (χ1n) is 5.09. The van der Waals surface area contributed by atoms with Gasteiger partial charge in [-0.15, -0.1) is 11.3 Å². The summed E-state index contributed by atoms with van der Waals surface area (Å²) < 4.78 is 39.3. The van der Waals surface area contributed by atoms with Crippen LogP contribution in [0.15, 0.2) is 33.9 Å². The van der Waals surface area contributed by atoms with Crippen LogP contribution in [0.25, 0.3) is 0 Å². The highest BCUT2D eigenvalue weighted by molar-refractivity contribution is 7.94. The summed E-state index contributed by atoms with van der Waals surface area (Å²) in [6.45, 7) is 0. The number of carbonyl (C=O) groups is 1. The molecule has 0 radical (unpaired) electrons. The Hall–Kier alpha value is -1.64. The van der Waals surface area contributed by atoms with Gasteiger partial charge in [0.1, 0.15) is 10.0 Å². The predicted molar refractivity (Wildman–Crippen MR) is 73.5 cm³/mol. The van der Waals surface area contributed by atoms with Gasteiger partial charge in [0.15, 0.2) is 0 Å². The second kappa shape index (κ2) is 5.39. The molecule has 1 heterocycles. The Bertz CT molecular complexity index is 772. The number of rotatable bonds is 4. The van der Waals surface area contributed by atoms with Crippen molar-refractivity contribution < 1.29 is 22.7 Å². The predicted octanol–water partition coefficient (Wildman–Crippen LogP) is 3.04. The van der Waals surface area contributed by atoms with E-state index in [0.717, 1.165) is 29.5 Å². The minimum atomic E-state index is -4.06. The zero-order chi connectivity index (χ0) is 14.9. The molecule has 0 aliphatic rings. The summed E-state index contributed by atoms with van der Waals surface area (Å²) in [5, 5.41) is 10.1. The number of thiophene rings is 1. The average Bonchev–Trinajstić information content (AvgIpc) is 2.84. The molecular formula is C11H7ClFNO4S2. The van der Waals surface area contributed by atoms with Gasteiger partial charge in [-0.2, -0.15) is 0 Å². The second-order valence-electron chi connectivity index (χ2n) is 3.69. The number of sulfonamides is 1. The molecule has 0 unspecified atom stereocenters. The average molecular weight is 336 g/mol. The molecule has 0 atom stereocenters. The summed E-state index contributed by atoms with van der Waals surface area (Å²) in [6.07, 6.45) is 0. The molecule has 2 rings (SSSR count). The summed E-state index contributed by atoms with van der Waals surface area (Å²) in [4.78, 5) is 10.7. The van der Waals surface area contributed by atoms with Gasteiger partial charge in [-0.3, -0.25) is 4.72 Å². The molecule has 0 bridgehead atoms. The van der Waals surface area contributed by atoms with Crippen LogP contribution >= 0.6 is 22.9 Å². The van der Waals surface area contributed by atoms with E-state index in [4.69, 9.17) is 16.7 Å². The van der Waals surface area contributed by atoms with E-state index in [1.807, 2.05) is 4.72 Å². The lowest BCUT2D eigenvalue weighted by atomic mass is 10.3.